The Hall–Kier alpha value is -5.56. The third kappa shape index (κ3) is 8.15. The van der Waals surface area contributed by atoms with Crippen molar-refractivity contribution in [2.75, 3.05) is 11.9 Å². The topological polar surface area (TPSA) is 154 Å². The summed E-state index contributed by atoms with van der Waals surface area (Å²) >= 11 is 0. The van der Waals surface area contributed by atoms with Crippen LogP contribution in [-0.2, 0) is 17.5 Å². The van der Waals surface area contributed by atoms with Crippen LogP contribution < -0.4 is 16.2 Å². The lowest BCUT2D eigenvalue weighted by molar-refractivity contribution is 0.181. The Morgan fingerprint density at radius 3 is 2.56 bits per heavy atom. The maximum Gasteiger partial charge on any atom is 0.409 e. The first-order valence-electron chi connectivity index (χ1n) is 17.2. The van der Waals surface area contributed by atoms with Gasteiger partial charge in [-0.2, -0.15) is 0 Å². The minimum absolute atomic E-state index is 0.0204. The fraction of sp³-hybridized carbons (Fsp3) is 0.250. The van der Waals surface area contributed by atoms with Crippen LogP contribution in [0.1, 0.15) is 43.6 Å². The molecule has 0 aliphatic rings. The maximum absolute atomic E-state index is 12.1. The Labute approximate surface area is 303 Å². The van der Waals surface area contributed by atoms with Crippen LogP contribution in [0.5, 0.6) is 5.75 Å². The minimum Gasteiger partial charge on any atom is -0.506 e. The minimum atomic E-state index is -2.21. The molecule has 0 spiro atoms. The van der Waals surface area contributed by atoms with Crippen molar-refractivity contribution in [2.24, 2.45) is 0 Å². The zero-order valence-corrected chi connectivity index (χ0v) is 31.0. The van der Waals surface area contributed by atoms with E-state index in [-0.39, 0.29) is 22.5 Å². The quantitative estimate of drug-likeness (QED) is 0.0793. The van der Waals surface area contributed by atoms with E-state index in [2.05, 4.69) is 65.9 Å². The van der Waals surface area contributed by atoms with Crippen molar-refractivity contribution >= 4 is 48.1 Å². The summed E-state index contributed by atoms with van der Waals surface area (Å²) in [6.45, 7) is 12.6. The molecule has 2 heterocycles. The third-order valence-electron chi connectivity index (χ3n) is 9.69. The summed E-state index contributed by atoms with van der Waals surface area (Å²) in [5, 5.41) is 35.5. The number of rotatable bonds is 12. The van der Waals surface area contributed by atoms with Crippen molar-refractivity contribution in [1.82, 2.24) is 25.3 Å². The normalized spacial score (nSPS) is 12.9. The first kappa shape index (κ1) is 36.2. The third-order valence-corrected chi connectivity index (χ3v) is 14.2. The summed E-state index contributed by atoms with van der Waals surface area (Å²) in [5.74, 6) is 0.0204. The molecule has 0 fully saturated rings. The number of benzene rings is 4. The molecule has 0 saturated carbocycles. The van der Waals surface area contributed by atoms with Gasteiger partial charge in [-0.05, 0) is 70.7 Å². The van der Waals surface area contributed by atoms with Crippen LogP contribution in [0, 0.1) is 0 Å². The highest BCUT2D eigenvalue weighted by Gasteiger charge is 2.39. The van der Waals surface area contributed by atoms with Crippen LogP contribution in [-0.4, -0.2) is 51.1 Å². The standard InChI is InChI=1S/C40H44N6O5Si/c1-40(2,3)52(4,5)51-36(30-16-19-35(47)38-31(30)17-20-37(48)43-38)25-41-24-27-14-18-34-33(23-27)44-45-46(34)21-9-10-26-13-15-29(28-11-7-6-8-12-28)32(22-26)42-39(49)50/h6-20,22-23,36,41-42,47H,21,24-25H2,1-5H3,(H,43,48)(H,49,50)/t36-/m0/s1. The smallest absolute Gasteiger partial charge is 0.409 e. The van der Waals surface area contributed by atoms with Crippen LogP contribution in [0.4, 0.5) is 10.5 Å². The Balaban J connectivity index is 1.15. The average molecular weight is 717 g/mol. The van der Waals surface area contributed by atoms with Gasteiger partial charge < -0.3 is 24.9 Å². The maximum atomic E-state index is 12.1. The summed E-state index contributed by atoms with van der Waals surface area (Å²) in [6.07, 6.45) is 2.46. The molecule has 268 valence electrons. The van der Waals surface area contributed by atoms with Crippen LogP contribution in [0.15, 0.2) is 102 Å². The number of amides is 1. The zero-order valence-electron chi connectivity index (χ0n) is 30.0. The van der Waals surface area contributed by atoms with Gasteiger partial charge in [0.25, 0.3) is 0 Å². The second-order valence-corrected chi connectivity index (χ2v) is 19.1. The molecule has 6 rings (SSSR count). The number of H-pyrrole nitrogens is 1. The van der Waals surface area contributed by atoms with Gasteiger partial charge in [0.05, 0.1) is 29.4 Å². The van der Waals surface area contributed by atoms with E-state index < -0.39 is 14.4 Å². The second-order valence-electron chi connectivity index (χ2n) is 14.4. The fourth-order valence-corrected chi connectivity index (χ4v) is 7.21. The molecular weight excluding hydrogens is 673 g/mol. The molecule has 0 radical (unpaired) electrons. The lowest BCUT2D eigenvalue weighted by Crippen LogP contribution is -2.43. The van der Waals surface area contributed by atoms with Crippen molar-refractivity contribution in [3.05, 3.63) is 124 Å². The molecule has 0 saturated heterocycles. The largest absolute Gasteiger partial charge is 0.506 e. The Bertz CT molecular complexity index is 2310. The molecular formula is C40H44N6O5Si. The predicted octanol–water partition coefficient (Wildman–Crippen LogP) is 8.30. The van der Waals surface area contributed by atoms with Gasteiger partial charge in [0, 0.05) is 30.1 Å². The number of nitrogens with one attached hydrogen (secondary N) is 3. The molecule has 0 aliphatic heterocycles. The summed E-state index contributed by atoms with van der Waals surface area (Å²) in [6, 6.07) is 28.1. The molecule has 52 heavy (non-hydrogen) atoms. The van der Waals surface area contributed by atoms with E-state index in [1.165, 1.54) is 6.07 Å². The molecule has 1 atom stereocenters. The highest BCUT2D eigenvalue weighted by atomic mass is 28.4. The van der Waals surface area contributed by atoms with Crippen LogP contribution in [0.2, 0.25) is 18.1 Å². The molecule has 11 nitrogen and oxygen atoms in total. The number of hydrogen-bond acceptors (Lipinski definition) is 7. The molecule has 0 bridgehead atoms. The fourth-order valence-electron chi connectivity index (χ4n) is 5.94. The number of anilines is 1. The van der Waals surface area contributed by atoms with E-state index in [0.29, 0.717) is 30.8 Å². The van der Waals surface area contributed by atoms with Gasteiger partial charge in [-0.25, -0.2) is 9.48 Å². The number of nitrogens with zero attached hydrogens (tertiary/aromatic N) is 3. The molecule has 1 amide bonds. The summed E-state index contributed by atoms with van der Waals surface area (Å²) in [7, 11) is -2.21. The number of phenols is 1. The number of carbonyl (C=O) groups is 1. The highest BCUT2D eigenvalue weighted by Crippen LogP contribution is 2.41. The lowest BCUT2D eigenvalue weighted by atomic mass is 10.0. The summed E-state index contributed by atoms with van der Waals surface area (Å²) in [5.41, 5.74) is 6.82. The molecule has 6 aromatic rings. The second kappa shape index (κ2) is 15.0. The number of fused-ring (bicyclic) bond motifs is 2. The van der Waals surface area contributed by atoms with Gasteiger partial charge in [-0.3, -0.25) is 10.1 Å². The van der Waals surface area contributed by atoms with Crippen molar-refractivity contribution in [2.45, 2.75) is 58.1 Å². The first-order chi connectivity index (χ1) is 24.8. The molecule has 12 heteroatoms. The Morgan fingerprint density at radius 1 is 1.02 bits per heavy atom. The highest BCUT2D eigenvalue weighted by molar-refractivity contribution is 6.74. The molecule has 0 unspecified atom stereocenters. The van der Waals surface area contributed by atoms with E-state index in [1.54, 1.807) is 12.1 Å². The molecule has 2 aromatic heterocycles. The van der Waals surface area contributed by atoms with Gasteiger partial charge in [0.15, 0.2) is 8.32 Å². The van der Waals surface area contributed by atoms with E-state index in [9.17, 15) is 19.8 Å². The van der Waals surface area contributed by atoms with Gasteiger partial charge in [-0.1, -0.05) is 92.7 Å². The zero-order chi connectivity index (χ0) is 37.0. The summed E-state index contributed by atoms with van der Waals surface area (Å²) < 4.78 is 8.76. The average Bonchev–Trinajstić information content (AvgIpc) is 3.50. The number of carboxylic acid groups (broad SMARTS) is 1. The van der Waals surface area contributed by atoms with E-state index in [1.807, 2.05) is 83.6 Å². The SMILES string of the molecule is CC(C)(C)[Si](C)(C)O[C@@H](CNCc1ccc2c(c1)nnn2CC=Cc1ccc(-c2ccccc2)c(NC(=O)O)c1)c1ccc(O)c2[nH]c(=O)ccc12. The van der Waals surface area contributed by atoms with Crippen molar-refractivity contribution < 1.29 is 19.4 Å². The van der Waals surface area contributed by atoms with Crippen LogP contribution in [0.3, 0.4) is 0 Å². The molecule has 0 aliphatic carbocycles. The van der Waals surface area contributed by atoms with Crippen LogP contribution in [0.25, 0.3) is 39.1 Å². The number of aromatic amines is 1. The summed E-state index contributed by atoms with van der Waals surface area (Å²) in [4.78, 5) is 26.3. The van der Waals surface area contributed by atoms with Gasteiger partial charge >= 0.3 is 6.09 Å². The number of aromatic nitrogens is 4. The molecule has 5 N–H and O–H groups in total. The number of phenolic OH excluding ortho intramolecular Hbond substituents is 1. The van der Waals surface area contributed by atoms with Crippen LogP contribution >= 0.6 is 0 Å². The van der Waals surface area contributed by atoms with E-state index in [4.69, 9.17) is 4.43 Å². The predicted molar refractivity (Wildman–Crippen MR) is 209 cm³/mol. The molecule has 4 aromatic carbocycles. The van der Waals surface area contributed by atoms with Gasteiger partial charge in [0.1, 0.15) is 11.3 Å². The monoisotopic (exact) mass is 716 g/mol. The van der Waals surface area contributed by atoms with Crippen molar-refractivity contribution in [3.8, 4) is 16.9 Å². The van der Waals surface area contributed by atoms with Gasteiger partial charge in [-0.15, -0.1) is 5.10 Å². The number of allylic oxidation sites excluding steroid dienone is 1. The van der Waals surface area contributed by atoms with Crippen molar-refractivity contribution in [1.29, 1.82) is 0 Å². The number of pyridine rings is 1. The lowest BCUT2D eigenvalue weighted by Gasteiger charge is -2.39. The number of aromatic hydroxyl groups is 1. The van der Waals surface area contributed by atoms with Crippen molar-refractivity contribution in [3.63, 3.8) is 0 Å². The first-order valence-corrected chi connectivity index (χ1v) is 20.1. The number of hydrogen-bond donors (Lipinski definition) is 5. The van der Waals surface area contributed by atoms with E-state index in [0.717, 1.165) is 44.2 Å². The van der Waals surface area contributed by atoms with E-state index >= 15 is 0 Å². The Morgan fingerprint density at radius 2 is 1.81 bits per heavy atom. The van der Waals surface area contributed by atoms with Gasteiger partial charge in [0.2, 0.25) is 5.56 Å². The Kier molecular flexibility index (Phi) is 10.4.